The van der Waals surface area contributed by atoms with Crippen molar-refractivity contribution in [2.24, 2.45) is 0 Å². The van der Waals surface area contributed by atoms with Gasteiger partial charge in [-0.25, -0.2) is 9.37 Å². The second kappa shape index (κ2) is 7.04. The summed E-state index contributed by atoms with van der Waals surface area (Å²) in [4.78, 5) is 7.06. The van der Waals surface area contributed by atoms with Crippen molar-refractivity contribution in [3.8, 4) is 11.5 Å². The van der Waals surface area contributed by atoms with Crippen LogP contribution in [-0.2, 0) is 6.54 Å². The maximum absolute atomic E-state index is 13.6. The Kier molecular flexibility index (Phi) is 4.60. The van der Waals surface area contributed by atoms with Crippen molar-refractivity contribution in [1.29, 1.82) is 0 Å². The molecule has 0 unspecified atom stereocenters. The average Bonchev–Trinajstić information content (AvgIpc) is 3.25. The fraction of sp³-hybridized carbons (Fsp3) is 0.318. The molecule has 1 aliphatic heterocycles. The van der Waals surface area contributed by atoms with E-state index in [1.807, 2.05) is 6.07 Å². The Bertz CT molecular complexity index is 918. The summed E-state index contributed by atoms with van der Waals surface area (Å²) in [6.07, 6.45) is 3.91. The van der Waals surface area contributed by atoms with E-state index in [-0.39, 0.29) is 11.9 Å². The average molecular weight is 350 g/mol. The van der Waals surface area contributed by atoms with Gasteiger partial charge in [-0.15, -0.1) is 0 Å². The van der Waals surface area contributed by atoms with Gasteiger partial charge >= 0.3 is 0 Å². The normalized spacial score (nSPS) is 17.7. The van der Waals surface area contributed by atoms with Gasteiger partial charge in [0, 0.05) is 18.2 Å². The first-order valence-electron chi connectivity index (χ1n) is 9.12. The van der Waals surface area contributed by atoms with Crippen LogP contribution in [-0.4, -0.2) is 16.4 Å². The number of halogens is 1. The molecular formula is C22H23FN2O. The number of aryl methyl sites for hydroxylation is 2. The van der Waals surface area contributed by atoms with E-state index in [4.69, 9.17) is 9.40 Å². The molecule has 4 rings (SSSR count). The third-order valence-electron chi connectivity index (χ3n) is 5.13. The summed E-state index contributed by atoms with van der Waals surface area (Å²) in [5, 5.41) is 0. The van der Waals surface area contributed by atoms with Crippen LogP contribution < -0.4 is 0 Å². The van der Waals surface area contributed by atoms with E-state index in [2.05, 4.69) is 36.9 Å². The molecule has 0 saturated carbocycles. The summed E-state index contributed by atoms with van der Waals surface area (Å²) in [5.41, 5.74) is 5.39. The van der Waals surface area contributed by atoms with Crippen LogP contribution in [0.5, 0.6) is 0 Å². The van der Waals surface area contributed by atoms with Crippen LogP contribution >= 0.6 is 0 Å². The highest BCUT2D eigenvalue weighted by Gasteiger charge is 2.27. The van der Waals surface area contributed by atoms with E-state index in [1.165, 1.54) is 11.6 Å². The second-order valence-corrected chi connectivity index (χ2v) is 7.15. The molecular weight excluding hydrogens is 327 g/mol. The Morgan fingerprint density at radius 1 is 1.19 bits per heavy atom. The van der Waals surface area contributed by atoms with Gasteiger partial charge in [-0.3, -0.25) is 4.90 Å². The number of hydrogen-bond donors (Lipinski definition) is 0. The maximum atomic E-state index is 13.6. The highest BCUT2D eigenvalue weighted by Crippen LogP contribution is 2.33. The molecule has 1 fully saturated rings. The molecule has 0 radical (unpaired) electrons. The molecule has 3 nitrogen and oxygen atoms in total. The molecule has 134 valence electrons. The van der Waals surface area contributed by atoms with Gasteiger partial charge in [-0.2, -0.15) is 0 Å². The lowest BCUT2D eigenvalue weighted by Crippen LogP contribution is -2.23. The number of benzene rings is 2. The van der Waals surface area contributed by atoms with Crippen molar-refractivity contribution in [1.82, 2.24) is 9.88 Å². The van der Waals surface area contributed by atoms with Gasteiger partial charge in [0.15, 0.2) is 0 Å². The molecule has 4 heteroatoms. The fourth-order valence-corrected chi connectivity index (χ4v) is 3.87. The minimum absolute atomic E-state index is 0.173. The summed E-state index contributed by atoms with van der Waals surface area (Å²) in [7, 11) is 0. The second-order valence-electron chi connectivity index (χ2n) is 7.15. The third kappa shape index (κ3) is 3.42. The molecule has 1 aliphatic rings. The van der Waals surface area contributed by atoms with Crippen LogP contribution in [0.15, 0.2) is 53.1 Å². The fourth-order valence-electron chi connectivity index (χ4n) is 3.87. The lowest BCUT2D eigenvalue weighted by Gasteiger charge is -2.23. The molecule has 1 aromatic heterocycles. The summed E-state index contributed by atoms with van der Waals surface area (Å²) < 4.78 is 19.3. The molecule has 0 bridgehead atoms. The van der Waals surface area contributed by atoms with Crippen molar-refractivity contribution >= 4 is 0 Å². The summed E-state index contributed by atoms with van der Waals surface area (Å²) in [6.45, 7) is 5.87. The molecule has 0 spiro atoms. The van der Waals surface area contributed by atoms with Crippen molar-refractivity contribution in [3.63, 3.8) is 0 Å². The first-order valence-corrected chi connectivity index (χ1v) is 9.12. The molecule has 2 heterocycles. The first kappa shape index (κ1) is 17.0. The van der Waals surface area contributed by atoms with Gasteiger partial charge in [0.05, 0.1) is 5.69 Å². The van der Waals surface area contributed by atoms with E-state index >= 15 is 0 Å². The Balaban J connectivity index is 1.53. The van der Waals surface area contributed by atoms with Gasteiger partial charge in [0.25, 0.3) is 0 Å². The number of hydrogen-bond acceptors (Lipinski definition) is 3. The zero-order valence-electron chi connectivity index (χ0n) is 15.2. The molecule has 0 N–H and O–H groups in total. The molecule has 1 saturated heterocycles. The van der Waals surface area contributed by atoms with E-state index in [9.17, 15) is 4.39 Å². The van der Waals surface area contributed by atoms with Crippen LogP contribution in [0, 0.1) is 19.7 Å². The Hall–Kier alpha value is -2.46. The maximum Gasteiger partial charge on any atom is 0.226 e. The highest BCUT2D eigenvalue weighted by atomic mass is 19.1. The van der Waals surface area contributed by atoms with Crippen LogP contribution in [0.25, 0.3) is 11.5 Å². The quantitative estimate of drug-likeness (QED) is 0.628. The van der Waals surface area contributed by atoms with Crippen molar-refractivity contribution < 1.29 is 8.81 Å². The topological polar surface area (TPSA) is 29.3 Å². The minimum atomic E-state index is -0.173. The molecule has 0 aliphatic carbocycles. The van der Waals surface area contributed by atoms with Crippen LogP contribution in [0.1, 0.15) is 41.3 Å². The molecule has 26 heavy (non-hydrogen) atoms. The van der Waals surface area contributed by atoms with E-state index in [0.29, 0.717) is 5.89 Å². The van der Waals surface area contributed by atoms with Gasteiger partial charge in [0.1, 0.15) is 12.1 Å². The van der Waals surface area contributed by atoms with Gasteiger partial charge in [0.2, 0.25) is 5.89 Å². The third-order valence-corrected chi connectivity index (χ3v) is 5.13. The largest absolute Gasteiger partial charge is 0.444 e. The Morgan fingerprint density at radius 3 is 2.88 bits per heavy atom. The van der Waals surface area contributed by atoms with E-state index in [0.717, 1.165) is 48.3 Å². The number of nitrogens with zero attached hydrogens (tertiary/aromatic N) is 2. The number of rotatable bonds is 4. The van der Waals surface area contributed by atoms with Crippen LogP contribution in [0.4, 0.5) is 4.39 Å². The number of likely N-dealkylation sites (tertiary alicyclic amines) is 1. The molecule has 0 amide bonds. The van der Waals surface area contributed by atoms with E-state index in [1.54, 1.807) is 18.4 Å². The summed E-state index contributed by atoms with van der Waals surface area (Å²) >= 11 is 0. The smallest absolute Gasteiger partial charge is 0.226 e. The monoisotopic (exact) mass is 350 g/mol. The van der Waals surface area contributed by atoms with Gasteiger partial charge in [-0.1, -0.05) is 29.8 Å². The predicted octanol–water partition coefficient (Wildman–Crippen LogP) is 5.43. The lowest BCUT2D eigenvalue weighted by atomic mass is 10.0. The van der Waals surface area contributed by atoms with Gasteiger partial charge in [-0.05, 0) is 62.6 Å². The SMILES string of the molecule is Cc1ccc(-c2nc(CN3CCC[C@H]3c3cccc(F)c3)co2)c(C)c1. The first-order chi connectivity index (χ1) is 12.6. The van der Waals surface area contributed by atoms with Crippen molar-refractivity contribution in [2.75, 3.05) is 6.54 Å². The summed E-state index contributed by atoms with van der Waals surface area (Å²) in [6, 6.07) is 13.5. The lowest BCUT2D eigenvalue weighted by molar-refractivity contribution is 0.245. The predicted molar refractivity (Wildman–Crippen MR) is 100 cm³/mol. The molecule has 3 aromatic rings. The Labute approximate surface area is 153 Å². The van der Waals surface area contributed by atoms with E-state index < -0.39 is 0 Å². The standard InChI is InChI=1S/C22H23FN2O/c1-15-8-9-20(16(2)11-15)22-24-19(14-26-22)13-25-10-4-7-21(25)17-5-3-6-18(23)12-17/h3,5-6,8-9,11-12,14,21H,4,7,10,13H2,1-2H3/t21-/m0/s1. The molecule has 2 aromatic carbocycles. The zero-order valence-corrected chi connectivity index (χ0v) is 15.2. The highest BCUT2D eigenvalue weighted by molar-refractivity contribution is 5.59. The van der Waals surface area contributed by atoms with Crippen LogP contribution in [0.2, 0.25) is 0 Å². The number of aromatic nitrogens is 1. The summed E-state index contributed by atoms with van der Waals surface area (Å²) in [5.74, 6) is 0.493. The van der Waals surface area contributed by atoms with Crippen molar-refractivity contribution in [3.05, 3.63) is 76.9 Å². The molecule has 1 atom stereocenters. The minimum Gasteiger partial charge on any atom is -0.444 e. The Morgan fingerprint density at radius 2 is 2.08 bits per heavy atom. The zero-order chi connectivity index (χ0) is 18.1. The van der Waals surface area contributed by atoms with Crippen LogP contribution in [0.3, 0.4) is 0 Å². The van der Waals surface area contributed by atoms with Gasteiger partial charge < -0.3 is 4.42 Å². The number of oxazole rings is 1. The van der Waals surface area contributed by atoms with Crippen molar-refractivity contribution in [2.45, 2.75) is 39.3 Å².